The van der Waals surface area contributed by atoms with E-state index in [1.54, 1.807) is 0 Å². The first-order chi connectivity index (χ1) is 8.69. The van der Waals surface area contributed by atoms with E-state index in [1.165, 1.54) is 18.4 Å². The van der Waals surface area contributed by atoms with E-state index in [2.05, 4.69) is 37.1 Å². The summed E-state index contributed by atoms with van der Waals surface area (Å²) in [7, 11) is 0. The minimum Gasteiger partial charge on any atom is -0.468 e. The highest BCUT2D eigenvalue weighted by atomic mass is 16.3. The largest absolute Gasteiger partial charge is 0.468 e. The van der Waals surface area contributed by atoms with Gasteiger partial charge in [-0.1, -0.05) is 20.8 Å². The van der Waals surface area contributed by atoms with Crippen LogP contribution in [-0.2, 0) is 13.1 Å². The van der Waals surface area contributed by atoms with Crippen LogP contribution in [0.25, 0.3) is 0 Å². The van der Waals surface area contributed by atoms with Gasteiger partial charge >= 0.3 is 0 Å². The summed E-state index contributed by atoms with van der Waals surface area (Å²) in [6.07, 6.45) is 4.49. The lowest BCUT2D eigenvalue weighted by molar-refractivity contribution is 0.228. The van der Waals surface area contributed by atoms with Crippen LogP contribution in [0.5, 0.6) is 0 Å². The summed E-state index contributed by atoms with van der Waals surface area (Å²) in [6, 6.07) is 2.86. The Hall–Kier alpha value is -0.800. The first kappa shape index (κ1) is 13.6. The van der Waals surface area contributed by atoms with Crippen LogP contribution in [0.15, 0.2) is 16.7 Å². The number of nitrogens with zero attached hydrogens (tertiary/aromatic N) is 1. The van der Waals surface area contributed by atoms with E-state index in [0.29, 0.717) is 5.92 Å². The Morgan fingerprint density at radius 2 is 2.22 bits per heavy atom. The molecule has 0 aromatic carbocycles. The molecule has 1 aromatic heterocycles. The molecule has 0 bridgehead atoms. The van der Waals surface area contributed by atoms with Crippen molar-refractivity contribution in [3.8, 4) is 0 Å². The Balaban J connectivity index is 1.88. The van der Waals surface area contributed by atoms with Gasteiger partial charge in [0, 0.05) is 24.7 Å². The minimum absolute atomic E-state index is 0.702. The molecule has 0 radical (unpaired) electrons. The highest BCUT2D eigenvalue weighted by molar-refractivity contribution is 5.17. The van der Waals surface area contributed by atoms with Gasteiger partial charge in [-0.05, 0) is 31.4 Å². The number of furan rings is 1. The van der Waals surface area contributed by atoms with Gasteiger partial charge in [0.25, 0.3) is 0 Å². The van der Waals surface area contributed by atoms with Gasteiger partial charge in [0.2, 0.25) is 0 Å². The summed E-state index contributed by atoms with van der Waals surface area (Å²) < 4.78 is 5.65. The van der Waals surface area contributed by atoms with Crippen LogP contribution < -0.4 is 5.32 Å². The fraction of sp³-hybridized carbons (Fsp3) is 0.733. The Morgan fingerprint density at radius 3 is 2.83 bits per heavy atom. The predicted octanol–water partition coefficient (Wildman–Crippen LogP) is 3.01. The molecular weight excluding hydrogens is 224 g/mol. The van der Waals surface area contributed by atoms with E-state index in [1.807, 2.05) is 6.26 Å². The Bertz CT molecular complexity index is 355. The molecule has 0 atom stereocenters. The van der Waals surface area contributed by atoms with Gasteiger partial charge in [0.15, 0.2) is 0 Å². The van der Waals surface area contributed by atoms with E-state index < -0.39 is 0 Å². The Labute approximate surface area is 111 Å². The monoisotopic (exact) mass is 250 g/mol. The minimum atomic E-state index is 0.702. The molecule has 1 aliphatic rings. The van der Waals surface area contributed by atoms with Crippen molar-refractivity contribution in [2.45, 2.75) is 52.7 Å². The smallest absolute Gasteiger partial charge is 0.122 e. The summed E-state index contributed by atoms with van der Waals surface area (Å²) in [5.41, 5.74) is 1.32. The third-order valence-corrected chi connectivity index (χ3v) is 3.43. The van der Waals surface area contributed by atoms with E-state index in [4.69, 9.17) is 4.42 Å². The average molecular weight is 250 g/mol. The summed E-state index contributed by atoms with van der Waals surface area (Å²) in [6.45, 7) is 10.8. The van der Waals surface area contributed by atoms with Gasteiger partial charge in [-0.3, -0.25) is 4.90 Å². The molecule has 1 aromatic rings. The van der Waals surface area contributed by atoms with Gasteiger partial charge in [0.05, 0.1) is 12.8 Å². The molecule has 18 heavy (non-hydrogen) atoms. The Morgan fingerprint density at radius 1 is 1.44 bits per heavy atom. The molecule has 3 heteroatoms. The van der Waals surface area contributed by atoms with Crippen LogP contribution in [0, 0.1) is 5.92 Å². The molecule has 2 rings (SSSR count). The van der Waals surface area contributed by atoms with Crippen molar-refractivity contribution in [3.63, 3.8) is 0 Å². The lowest BCUT2D eigenvalue weighted by atomic mass is 10.2. The molecule has 1 saturated carbocycles. The molecule has 1 N–H and O–H groups in total. The normalized spacial score (nSPS) is 15.8. The van der Waals surface area contributed by atoms with E-state index in [0.717, 1.165) is 38.0 Å². The lowest BCUT2D eigenvalue weighted by Gasteiger charge is -2.21. The fourth-order valence-electron chi connectivity index (χ4n) is 2.23. The number of hydrogen-bond donors (Lipinski definition) is 1. The molecule has 0 amide bonds. The van der Waals surface area contributed by atoms with Crippen LogP contribution in [0.2, 0.25) is 0 Å². The number of hydrogen-bond acceptors (Lipinski definition) is 3. The Kier molecular flexibility index (Phi) is 4.84. The second kappa shape index (κ2) is 6.39. The summed E-state index contributed by atoms with van der Waals surface area (Å²) in [5, 5.41) is 3.55. The quantitative estimate of drug-likeness (QED) is 0.769. The maximum atomic E-state index is 5.65. The third kappa shape index (κ3) is 4.14. The molecule has 0 saturated heterocycles. The van der Waals surface area contributed by atoms with Crippen molar-refractivity contribution in [2.75, 3.05) is 13.1 Å². The van der Waals surface area contributed by atoms with Crippen molar-refractivity contribution in [2.24, 2.45) is 5.92 Å². The van der Waals surface area contributed by atoms with Gasteiger partial charge in [0.1, 0.15) is 5.76 Å². The predicted molar refractivity (Wildman–Crippen MR) is 74.4 cm³/mol. The summed E-state index contributed by atoms with van der Waals surface area (Å²) >= 11 is 0. The lowest BCUT2D eigenvalue weighted by Crippen LogP contribution is -2.27. The van der Waals surface area contributed by atoms with E-state index in [-0.39, 0.29) is 0 Å². The van der Waals surface area contributed by atoms with Crippen LogP contribution in [0.4, 0.5) is 0 Å². The van der Waals surface area contributed by atoms with Crippen molar-refractivity contribution in [3.05, 3.63) is 23.7 Å². The zero-order valence-corrected chi connectivity index (χ0v) is 11.9. The fourth-order valence-corrected chi connectivity index (χ4v) is 2.23. The first-order valence-corrected chi connectivity index (χ1v) is 7.20. The summed E-state index contributed by atoms with van der Waals surface area (Å²) in [4.78, 5) is 2.45. The zero-order chi connectivity index (χ0) is 13.0. The first-order valence-electron chi connectivity index (χ1n) is 7.20. The van der Waals surface area contributed by atoms with E-state index >= 15 is 0 Å². The van der Waals surface area contributed by atoms with Gasteiger partial charge in [-0.25, -0.2) is 0 Å². The second-order valence-electron chi connectivity index (χ2n) is 5.75. The molecule has 102 valence electrons. The third-order valence-electron chi connectivity index (χ3n) is 3.43. The number of rotatable bonds is 8. The molecule has 1 fully saturated rings. The van der Waals surface area contributed by atoms with Crippen molar-refractivity contribution < 1.29 is 4.42 Å². The highest BCUT2D eigenvalue weighted by Gasteiger charge is 2.21. The van der Waals surface area contributed by atoms with E-state index in [9.17, 15) is 0 Å². The topological polar surface area (TPSA) is 28.4 Å². The van der Waals surface area contributed by atoms with Crippen molar-refractivity contribution >= 4 is 0 Å². The molecule has 0 aliphatic heterocycles. The molecule has 1 heterocycles. The van der Waals surface area contributed by atoms with Gasteiger partial charge in [-0.15, -0.1) is 0 Å². The van der Waals surface area contributed by atoms with Crippen LogP contribution >= 0.6 is 0 Å². The zero-order valence-electron chi connectivity index (χ0n) is 11.9. The molecule has 0 spiro atoms. The summed E-state index contributed by atoms with van der Waals surface area (Å²) in [5.74, 6) is 1.83. The van der Waals surface area contributed by atoms with Crippen LogP contribution in [-0.4, -0.2) is 24.0 Å². The number of nitrogens with one attached hydrogen (secondary N) is 1. The highest BCUT2D eigenvalue weighted by Crippen LogP contribution is 2.21. The van der Waals surface area contributed by atoms with Crippen LogP contribution in [0.3, 0.4) is 0 Å². The van der Waals surface area contributed by atoms with Gasteiger partial charge in [-0.2, -0.15) is 0 Å². The van der Waals surface area contributed by atoms with Gasteiger partial charge < -0.3 is 9.73 Å². The SMILES string of the molecule is CCN(Cc1occc1CNC1CC1)CC(C)C. The average Bonchev–Trinajstić information content (AvgIpc) is 3.06. The molecular formula is C15H26N2O. The second-order valence-corrected chi connectivity index (χ2v) is 5.75. The molecule has 0 unspecified atom stereocenters. The molecule has 3 nitrogen and oxygen atoms in total. The maximum Gasteiger partial charge on any atom is 0.122 e. The van der Waals surface area contributed by atoms with Crippen molar-refractivity contribution in [1.82, 2.24) is 10.2 Å². The van der Waals surface area contributed by atoms with Crippen molar-refractivity contribution in [1.29, 1.82) is 0 Å². The standard InChI is InChI=1S/C15H26N2O/c1-4-17(10-12(2)3)11-15-13(7-8-18-15)9-16-14-5-6-14/h7-8,12,14,16H,4-6,9-11H2,1-3H3. The van der Waals surface area contributed by atoms with Crippen LogP contribution in [0.1, 0.15) is 44.9 Å². The maximum absolute atomic E-state index is 5.65. The molecule has 1 aliphatic carbocycles.